The van der Waals surface area contributed by atoms with E-state index in [1.54, 1.807) is 13.2 Å². The molecule has 0 aromatic heterocycles. The van der Waals surface area contributed by atoms with E-state index in [9.17, 15) is 9.90 Å². The van der Waals surface area contributed by atoms with Gasteiger partial charge in [-0.2, -0.15) is 0 Å². The summed E-state index contributed by atoms with van der Waals surface area (Å²) in [7, 11) is 2.84. The predicted molar refractivity (Wildman–Crippen MR) is 109 cm³/mol. The Morgan fingerprint density at radius 1 is 1.23 bits per heavy atom. The Morgan fingerprint density at radius 2 is 2.07 bits per heavy atom. The summed E-state index contributed by atoms with van der Waals surface area (Å²) < 4.78 is 25.9. The molecule has 3 rings (SSSR count). The van der Waals surface area contributed by atoms with Crippen LogP contribution in [0.25, 0.3) is 0 Å². The molecule has 0 amide bonds. The highest BCUT2D eigenvalue weighted by atomic mass is 16.8. The van der Waals surface area contributed by atoms with E-state index in [-0.39, 0.29) is 12.6 Å². The quantitative estimate of drug-likeness (QED) is 0.633. The van der Waals surface area contributed by atoms with E-state index in [0.29, 0.717) is 18.0 Å². The van der Waals surface area contributed by atoms with Crippen LogP contribution < -0.4 is 19.5 Å². The number of rotatable bonds is 8. The highest BCUT2D eigenvalue weighted by Crippen LogP contribution is 2.33. The number of methoxy groups -OCH3 is 2. The molecule has 2 aromatic carbocycles. The van der Waals surface area contributed by atoms with E-state index in [0.717, 1.165) is 23.3 Å². The molecule has 0 bridgehead atoms. The average Bonchev–Trinajstić information content (AvgIpc) is 2.77. The zero-order valence-corrected chi connectivity index (χ0v) is 17.3. The van der Waals surface area contributed by atoms with Gasteiger partial charge in [0.05, 0.1) is 20.3 Å². The zero-order chi connectivity index (χ0) is 21.5. The minimum absolute atomic E-state index is 0.0894. The van der Waals surface area contributed by atoms with Crippen LogP contribution in [0.2, 0.25) is 0 Å². The van der Waals surface area contributed by atoms with E-state index in [1.807, 2.05) is 36.4 Å². The molecule has 8 nitrogen and oxygen atoms in total. The van der Waals surface area contributed by atoms with Crippen molar-refractivity contribution in [3.05, 3.63) is 53.6 Å². The van der Waals surface area contributed by atoms with E-state index >= 15 is 0 Å². The van der Waals surface area contributed by atoms with Crippen LogP contribution in [0.1, 0.15) is 24.2 Å². The van der Waals surface area contributed by atoms with Crippen molar-refractivity contribution in [3.8, 4) is 17.2 Å². The molecule has 0 fully saturated rings. The van der Waals surface area contributed by atoms with Gasteiger partial charge in [-0.25, -0.2) is 4.79 Å². The van der Waals surface area contributed by atoms with Gasteiger partial charge in [-0.3, -0.25) is 0 Å². The molecule has 0 radical (unpaired) electrons. The first-order valence-corrected chi connectivity index (χ1v) is 9.71. The van der Waals surface area contributed by atoms with Crippen molar-refractivity contribution in [3.63, 3.8) is 0 Å². The van der Waals surface area contributed by atoms with Crippen molar-refractivity contribution in [1.82, 2.24) is 5.32 Å². The van der Waals surface area contributed by atoms with Gasteiger partial charge in [0.2, 0.25) is 0 Å². The summed E-state index contributed by atoms with van der Waals surface area (Å²) in [5, 5.41) is 13.8. The number of aliphatic hydroxyl groups excluding tert-OH is 1. The van der Waals surface area contributed by atoms with Gasteiger partial charge in [-0.15, -0.1) is 0 Å². The number of hydrogen-bond acceptors (Lipinski definition) is 8. The van der Waals surface area contributed by atoms with Gasteiger partial charge in [0.25, 0.3) is 6.29 Å². The fourth-order valence-electron chi connectivity index (χ4n) is 3.14. The maximum atomic E-state index is 11.2. The van der Waals surface area contributed by atoms with Gasteiger partial charge in [0, 0.05) is 12.6 Å². The SMILES string of the molecule is COC(=O)OC1COc2cc(CC(C)NCC(O)c3cccc(OC)c3)ccc2O1. The summed E-state index contributed by atoms with van der Waals surface area (Å²) in [4.78, 5) is 11.2. The molecule has 1 aliphatic heterocycles. The second kappa shape index (κ2) is 10.2. The van der Waals surface area contributed by atoms with Crippen LogP contribution in [0.5, 0.6) is 17.2 Å². The second-order valence-electron chi connectivity index (χ2n) is 7.02. The fraction of sp³-hybridized carbons (Fsp3) is 0.409. The number of hydrogen-bond donors (Lipinski definition) is 2. The third-order valence-electron chi connectivity index (χ3n) is 4.72. The number of fused-ring (bicyclic) bond motifs is 1. The van der Waals surface area contributed by atoms with Crippen LogP contribution >= 0.6 is 0 Å². The van der Waals surface area contributed by atoms with Crippen LogP contribution in [-0.2, 0) is 15.9 Å². The van der Waals surface area contributed by atoms with Gasteiger partial charge in [-0.1, -0.05) is 18.2 Å². The summed E-state index contributed by atoms with van der Waals surface area (Å²) in [6.07, 6.45) is -1.55. The lowest BCUT2D eigenvalue weighted by molar-refractivity contribution is -0.0934. The highest BCUT2D eigenvalue weighted by molar-refractivity contribution is 5.59. The lowest BCUT2D eigenvalue weighted by atomic mass is 10.0. The van der Waals surface area contributed by atoms with Crippen molar-refractivity contribution in [2.45, 2.75) is 31.8 Å². The number of carbonyl (C=O) groups excluding carboxylic acids is 1. The third kappa shape index (κ3) is 5.77. The largest absolute Gasteiger partial charge is 0.511 e. The van der Waals surface area contributed by atoms with Gasteiger partial charge in [-0.05, 0) is 48.7 Å². The number of carbonyl (C=O) groups is 1. The molecule has 162 valence electrons. The Labute approximate surface area is 175 Å². The van der Waals surface area contributed by atoms with Crippen LogP contribution in [0.15, 0.2) is 42.5 Å². The fourth-order valence-corrected chi connectivity index (χ4v) is 3.14. The number of ether oxygens (including phenoxy) is 5. The van der Waals surface area contributed by atoms with Gasteiger partial charge in [0.1, 0.15) is 5.75 Å². The standard InChI is InChI=1S/C22H27NO7/c1-14(23-12-18(24)16-5-4-6-17(11-16)26-2)9-15-7-8-19-20(10-15)28-13-21(29-19)30-22(25)27-3/h4-8,10-11,14,18,21,23-24H,9,12-13H2,1-3H3. The molecule has 0 saturated heterocycles. The van der Waals surface area contributed by atoms with E-state index in [4.69, 9.17) is 18.9 Å². The highest BCUT2D eigenvalue weighted by Gasteiger charge is 2.25. The Bertz CT molecular complexity index is 857. The monoisotopic (exact) mass is 417 g/mol. The zero-order valence-electron chi connectivity index (χ0n) is 17.3. The van der Waals surface area contributed by atoms with Gasteiger partial charge < -0.3 is 34.1 Å². The molecule has 3 unspecified atom stereocenters. The molecule has 1 heterocycles. The van der Waals surface area contributed by atoms with Crippen molar-refractivity contribution in [1.29, 1.82) is 0 Å². The molecule has 0 saturated carbocycles. The topological polar surface area (TPSA) is 95.5 Å². The summed E-state index contributed by atoms with van der Waals surface area (Å²) in [6.45, 7) is 2.56. The molecule has 8 heteroatoms. The first-order chi connectivity index (χ1) is 14.5. The number of benzene rings is 2. The predicted octanol–water partition coefficient (Wildman–Crippen LogP) is 2.83. The summed E-state index contributed by atoms with van der Waals surface area (Å²) in [6, 6.07) is 13.2. The van der Waals surface area contributed by atoms with Crippen LogP contribution in [-0.4, -0.2) is 51.0 Å². The number of aliphatic hydroxyl groups is 1. The van der Waals surface area contributed by atoms with E-state index in [2.05, 4.69) is 17.0 Å². The van der Waals surface area contributed by atoms with Crippen LogP contribution in [0.3, 0.4) is 0 Å². The lowest BCUT2D eigenvalue weighted by Crippen LogP contribution is -2.34. The molecule has 0 aliphatic carbocycles. The molecular formula is C22H27NO7. The summed E-state index contributed by atoms with van der Waals surface area (Å²) in [5.74, 6) is 1.82. The minimum Gasteiger partial charge on any atom is -0.497 e. The van der Waals surface area contributed by atoms with Crippen LogP contribution in [0.4, 0.5) is 4.79 Å². The summed E-state index contributed by atoms with van der Waals surface area (Å²) in [5.41, 5.74) is 1.86. The first-order valence-electron chi connectivity index (χ1n) is 9.71. The van der Waals surface area contributed by atoms with E-state index in [1.165, 1.54) is 7.11 Å². The van der Waals surface area contributed by atoms with Crippen LogP contribution in [0, 0.1) is 0 Å². The molecular weight excluding hydrogens is 390 g/mol. The minimum atomic E-state index is -0.838. The van der Waals surface area contributed by atoms with Gasteiger partial charge in [0.15, 0.2) is 18.1 Å². The lowest BCUT2D eigenvalue weighted by Gasteiger charge is -2.26. The molecule has 0 spiro atoms. The Balaban J connectivity index is 1.51. The molecule has 2 N–H and O–H groups in total. The smallest absolute Gasteiger partial charge is 0.497 e. The molecule has 2 aromatic rings. The number of nitrogens with one attached hydrogen (secondary N) is 1. The second-order valence-corrected chi connectivity index (χ2v) is 7.02. The average molecular weight is 417 g/mol. The Morgan fingerprint density at radius 3 is 2.83 bits per heavy atom. The third-order valence-corrected chi connectivity index (χ3v) is 4.72. The van der Waals surface area contributed by atoms with Gasteiger partial charge >= 0.3 is 6.16 Å². The molecule has 3 atom stereocenters. The molecule has 30 heavy (non-hydrogen) atoms. The normalized spacial score (nSPS) is 17.0. The van der Waals surface area contributed by atoms with Crippen molar-refractivity contribution < 1.29 is 33.6 Å². The maximum absolute atomic E-state index is 11.2. The maximum Gasteiger partial charge on any atom is 0.511 e. The summed E-state index contributed by atoms with van der Waals surface area (Å²) >= 11 is 0. The Hall–Kier alpha value is -2.97. The van der Waals surface area contributed by atoms with E-state index < -0.39 is 18.5 Å². The first kappa shape index (κ1) is 21.7. The van der Waals surface area contributed by atoms with Crippen molar-refractivity contribution >= 4 is 6.16 Å². The molecule has 1 aliphatic rings. The van der Waals surface area contributed by atoms with Crippen molar-refractivity contribution in [2.75, 3.05) is 27.4 Å². The Kier molecular flexibility index (Phi) is 7.37. The van der Waals surface area contributed by atoms with Crippen molar-refractivity contribution in [2.24, 2.45) is 0 Å².